The average Bonchev–Trinajstić information content (AvgIpc) is 2.66. The van der Waals surface area contributed by atoms with E-state index < -0.39 is 40.6 Å². The summed E-state index contributed by atoms with van der Waals surface area (Å²) < 4.78 is 31.9. The molecule has 1 aliphatic rings. The molecule has 0 spiro atoms. The first-order valence-corrected chi connectivity index (χ1v) is 9.96. The van der Waals surface area contributed by atoms with Crippen LogP contribution in [0.3, 0.4) is 0 Å². The molecule has 148 valence electrons. The predicted molar refractivity (Wildman–Crippen MR) is 96.3 cm³/mol. The molecule has 0 aromatic heterocycles. The van der Waals surface area contributed by atoms with Crippen LogP contribution in [0.25, 0.3) is 0 Å². The molecule has 0 aliphatic carbocycles. The topological polar surface area (TPSA) is 122 Å². The van der Waals surface area contributed by atoms with Crippen molar-refractivity contribution in [2.75, 3.05) is 20.2 Å². The number of amides is 3. The number of ether oxygens (including phenoxy) is 1. The third-order valence-electron chi connectivity index (χ3n) is 4.18. The molecule has 1 heterocycles. The van der Waals surface area contributed by atoms with Crippen LogP contribution in [0.15, 0.2) is 29.2 Å². The minimum absolute atomic E-state index is 0.102. The van der Waals surface area contributed by atoms with E-state index in [0.29, 0.717) is 19.3 Å². The molecular formula is C17H23N3O6S. The van der Waals surface area contributed by atoms with Gasteiger partial charge in [0.25, 0.3) is 5.91 Å². The summed E-state index contributed by atoms with van der Waals surface area (Å²) in [6.45, 7) is 1.38. The van der Waals surface area contributed by atoms with Gasteiger partial charge in [0.2, 0.25) is 10.0 Å². The molecule has 2 rings (SSSR count). The van der Waals surface area contributed by atoms with Crippen molar-refractivity contribution in [3.05, 3.63) is 29.8 Å². The van der Waals surface area contributed by atoms with Gasteiger partial charge in [-0.25, -0.2) is 13.2 Å². The van der Waals surface area contributed by atoms with Gasteiger partial charge in [-0.3, -0.25) is 14.9 Å². The average molecular weight is 397 g/mol. The standard InChI is InChI=1S/C17H23N3O6S/c1-12-6-8-13(9-7-12)27(24,25)20-10-4-3-5-14(20)16(22)26-11-15(21)19-17(23)18-2/h6-9,14H,3-5,10-11H2,1-2H3,(H2,18,19,21,23)/t14-/m0/s1. The van der Waals surface area contributed by atoms with Crippen molar-refractivity contribution in [1.82, 2.24) is 14.9 Å². The minimum atomic E-state index is -3.87. The fourth-order valence-electron chi connectivity index (χ4n) is 2.73. The van der Waals surface area contributed by atoms with E-state index in [1.165, 1.54) is 19.2 Å². The number of sulfonamides is 1. The van der Waals surface area contributed by atoms with E-state index in [-0.39, 0.29) is 11.4 Å². The normalized spacial score (nSPS) is 17.8. The van der Waals surface area contributed by atoms with Crippen molar-refractivity contribution in [3.63, 3.8) is 0 Å². The van der Waals surface area contributed by atoms with Gasteiger partial charge in [0, 0.05) is 13.6 Å². The summed E-state index contributed by atoms with van der Waals surface area (Å²) in [5.74, 6) is -1.61. The summed E-state index contributed by atoms with van der Waals surface area (Å²) in [4.78, 5) is 35.1. The second-order valence-corrected chi connectivity index (χ2v) is 8.07. The zero-order valence-corrected chi connectivity index (χ0v) is 16.0. The van der Waals surface area contributed by atoms with E-state index in [1.54, 1.807) is 12.1 Å². The minimum Gasteiger partial charge on any atom is -0.454 e. The SMILES string of the molecule is CNC(=O)NC(=O)COC(=O)[C@@H]1CCCCN1S(=O)(=O)c1ccc(C)cc1. The van der Waals surface area contributed by atoms with Gasteiger partial charge in [-0.05, 0) is 38.3 Å². The first-order chi connectivity index (χ1) is 12.8. The van der Waals surface area contributed by atoms with Crippen LogP contribution in [-0.2, 0) is 24.3 Å². The number of carbonyl (C=O) groups is 3. The van der Waals surface area contributed by atoms with Crippen molar-refractivity contribution in [2.24, 2.45) is 0 Å². The predicted octanol–water partition coefficient (Wildman–Crippen LogP) is 0.537. The second kappa shape index (κ2) is 8.96. The summed E-state index contributed by atoms with van der Waals surface area (Å²) in [6, 6.07) is 4.65. The van der Waals surface area contributed by atoms with Crippen LogP contribution in [0.5, 0.6) is 0 Å². The number of aryl methyl sites for hydroxylation is 1. The van der Waals surface area contributed by atoms with Gasteiger partial charge in [0.1, 0.15) is 6.04 Å². The molecule has 1 aliphatic heterocycles. The molecule has 0 bridgehead atoms. The van der Waals surface area contributed by atoms with E-state index in [9.17, 15) is 22.8 Å². The Kier molecular flexibility index (Phi) is 6.92. The van der Waals surface area contributed by atoms with Crippen LogP contribution >= 0.6 is 0 Å². The summed E-state index contributed by atoms with van der Waals surface area (Å²) >= 11 is 0. The number of hydrogen-bond acceptors (Lipinski definition) is 6. The maximum atomic E-state index is 12.9. The molecule has 3 amide bonds. The Morgan fingerprint density at radius 2 is 1.85 bits per heavy atom. The smallest absolute Gasteiger partial charge is 0.324 e. The number of urea groups is 1. The van der Waals surface area contributed by atoms with Crippen LogP contribution in [0.2, 0.25) is 0 Å². The molecule has 2 N–H and O–H groups in total. The van der Waals surface area contributed by atoms with Gasteiger partial charge in [0.05, 0.1) is 4.90 Å². The Balaban J connectivity index is 2.09. The lowest BCUT2D eigenvalue weighted by Crippen LogP contribution is -2.49. The molecule has 27 heavy (non-hydrogen) atoms. The summed E-state index contributed by atoms with van der Waals surface area (Å²) in [5, 5.41) is 4.16. The number of hydrogen-bond donors (Lipinski definition) is 2. The van der Waals surface area contributed by atoms with Crippen LogP contribution in [0, 0.1) is 6.92 Å². The number of esters is 1. The van der Waals surface area contributed by atoms with Crippen LogP contribution in [0.1, 0.15) is 24.8 Å². The van der Waals surface area contributed by atoms with Crippen molar-refractivity contribution in [1.29, 1.82) is 0 Å². The summed E-state index contributed by atoms with van der Waals surface area (Å²) in [7, 11) is -2.53. The number of carbonyl (C=O) groups excluding carboxylic acids is 3. The fourth-order valence-corrected chi connectivity index (χ4v) is 4.38. The monoisotopic (exact) mass is 397 g/mol. The Labute approximate surface area is 158 Å². The van der Waals surface area contributed by atoms with E-state index in [4.69, 9.17) is 4.74 Å². The van der Waals surface area contributed by atoms with Gasteiger partial charge in [-0.15, -0.1) is 0 Å². The summed E-state index contributed by atoms with van der Waals surface area (Å²) in [6.07, 6.45) is 1.61. The second-order valence-electron chi connectivity index (χ2n) is 6.18. The lowest BCUT2D eigenvalue weighted by Gasteiger charge is -2.32. The van der Waals surface area contributed by atoms with E-state index in [1.807, 2.05) is 12.2 Å². The number of rotatable bonds is 5. The fraction of sp³-hybridized carbons (Fsp3) is 0.471. The Morgan fingerprint density at radius 3 is 2.48 bits per heavy atom. The third kappa shape index (κ3) is 5.27. The lowest BCUT2D eigenvalue weighted by atomic mass is 10.1. The highest BCUT2D eigenvalue weighted by molar-refractivity contribution is 7.89. The number of benzene rings is 1. The molecular weight excluding hydrogens is 374 g/mol. The molecule has 10 heteroatoms. The molecule has 0 radical (unpaired) electrons. The highest BCUT2D eigenvalue weighted by atomic mass is 32.2. The maximum Gasteiger partial charge on any atom is 0.324 e. The molecule has 1 atom stereocenters. The van der Waals surface area contributed by atoms with Crippen LogP contribution in [0.4, 0.5) is 4.79 Å². The molecule has 1 saturated heterocycles. The van der Waals surface area contributed by atoms with Gasteiger partial charge >= 0.3 is 12.0 Å². The Morgan fingerprint density at radius 1 is 1.19 bits per heavy atom. The zero-order chi connectivity index (χ0) is 20.0. The van der Waals surface area contributed by atoms with Gasteiger partial charge in [0.15, 0.2) is 6.61 Å². The van der Waals surface area contributed by atoms with E-state index in [0.717, 1.165) is 9.87 Å². The Bertz CT molecular complexity index is 806. The first kappa shape index (κ1) is 20.8. The lowest BCUT2D eigenvalue weighted by molar-refractivity contribution is -0.152. The first-order valence-electron chi connectivity index (χ1n) is 8.52. The van der Waals surface area contributed by atoms with Gasteiger partial charge in [-0.1, -0.05) is 17.7 Å². The number of nitrogens with zero attached hydrogens (tertiary/aromatic N) is 1. The van der Waals surface area contributed by atoms with Crippen molar-refractivity contribution in [2.45, 2.75) is 37.1 Å². The molecule has 0 saturated carbocycles. The van der Waals surface area contributed by atoms with Crippen molar-refractivity contribution < 1.29 is 27.5 Å². The zero-order valence-electron chi connectivity index (χ0n) is 15.2. The van der Waals surface area contributed by atoms with E-state index >= 15 is 0 Å². The molecule has 1 aromatic carbocycles. The number of piperidine rings is 1. The van der Waals surface area contributed by atoms with Gasteiger partial charge < -0.3 is 10.1 Å². The number of imide groups is 1. The largest absolute Gasteiger partial charge is 0.454 e. The van der Waals surface area contributed by atoms with Gasteiger partial charge in [-0.2, -0.15) is 4.31 Å². The third-order valence-corrected chi connectivity index (χ3v) is 6.10. The highest BCUT2D eigenvalue weighted by Gasteiger charge is 2.38. The summed E-state index contributed by atoms with van der Waals surface area (Å²) in [5.41, 5.74) is 0.922. The van der Waals surface area contributed by atoms with Crippen LogP contribution < -0.4 is 10.6 Å². The molecule has 0 unspecified atom stereocenters. The Hall–Kier alpha value is -2.46. The van der Waals surface area contributed by atoms with Crippen molar-refractivity contribution >= 4 is 27.9 Å². The van der Waals surface area contributed by atoms with Crippen LogP contribution in [-0.4, -0.2) is 56.9 Å². The molecule has 9 nitrogen and oxygen atoms in total. The number of nitrogens with one attached hydrogen (secondary N) is 2. The van der Waals surface area contributed by atoms with Crippen molar-refractivity contribution in [3.8, 4) is 0 Å². The van der Waals surface area contributed by atoms with E-state index in [2.05, 4.69) is 5.32 Å². The maximum absolute atomic E-state index is 12.9. The molecule has 1 aromatic rings. The molecule has 1 fully saturated rings. The quantitative estimate of drug-likeness (QED) is 0.699. The highest BCUT2D eigenvalue weighted by Crippen LogP contribution is 2.26.